The Kier molecular flexibility index (Phi) is 6.28. The van der Waals surface area contributed by atoms with Gasteiger partial charge >= 0.3 is 0 Å². The third-order valence-electron chi connectivity index (χ3n) is 8.76. The molecule has 3 aromatic rings. The molecule has 8 nitrogen and oxygen atoms in total. The first-order valence-corrected chi connectivity index (χ1v) is 13.6. The van der Waals surface area contributed by atoms with Crippen LogP contribution in [0.5, 0.6) is 5.75 Å². The number of aliphatic hydroxyl groups is 1. The molecule has 0 aliphatic carbocycles. The molecule has 3 aliphatic heterocycles. The Morgan fingerprint density at radius 2 is 1.95 bits per heavy atom. The fourth-order valence-electron chi connectivity index (χ4n) is 6.28. The van der Waals surface area contributed by atoms with Crippen molar-refractivity contribution >= 4 is 10.9 Å². The molecule has 0 radical (unpaired) electrons. The molecule has 0 bridgehead atoms. The number of nitrogens with zero attached hydrogens (tertiary/aromatic N) is 4. The van der Waals surface area contributed by atoms with Crippen LogP contribution in [-0.2, 0) is 30.0 Å². The van der Waals surface area contributed by atoms with Gasteiger partial charge in [0.05, 0.1) is 36.1 Å². The van der Waals surface area contributed by atoms with E-state index in [0.29, 0.717) is 53.6 Å². The number of aromatic nitrogens is 2. The lowest BCUT2D eigenvalue weighted by Crippen LogP contribution is -2.48. The van der Waals surface area contributed by atoms with E-state index in [4.69, 9.17) is 14.5 Å². The van der Waals surface area contributed by atoms with Gasteiger partial charge in [-0.2, -0.15) is 0 Å². The first-order chi connectivity index (χ1) is 18.7. The summed E-state index contributed by atoms with van der Waals surface area (Å²) in [5.41, 5.74) is 3.05. The second-order valence-corrected chi connectivity index (χ2v) is 11.1. The first kappa shape index (κ1) is 26.0. The summed E-state index contributed by atoms with van der Waals surface area (Å²) >= 11 is 0. The van der Waals surface area contributed by atoms with Gasteiger partial charge in [0.2, 0.25) is 0 Å². The van der Waals surface area contributed by atoms with E-state index in [1.54, 1.807) is 10.6 Å². The number of benzene rings is 1. The van der Waals surface area contributed by atoms with E-state index >= 15 is 0 Å². The topological polar surface area (TPSA) is 80.1 Å². The Morgan fingerprint density at radius 1 is 1.21 bits per heavy atom. The minimum atomic E-state index is -1.46. The molecule has 0 spiro atoms. The molecule has 206 valence electrons. The van der Waals surface area contributed by atoms with E-state index in [0.717, 1.165) is 42.7 Å². The van der Waals surface area contributed by atoms with E-state index in [-0.39, 0.29) is 23.7 Å². The highest BCUT2D eigenvalue weighted by atomic mass is 19.1. The van der Waals surface area contributed by atoms with Crippen LogP contribution in [0.15, 0.2) is 35.3 Å². The van der Waals surface area contributed by atoms with Gasteiger partial charge in [-0.15, -0.1) is 0 Å². The summed E-state index contributed by atoms with van der Waals surface area (Å²) < 4.78 is 27.5. The highest BCUT2D eigenvalue weighted by Gasteiger charge is 2.41. The maximum absolute atomic E-state index is 14.9. The number of fused-ring (bicyclic) bond motifs is 5. The molecule has 1 saturated heterocycles. The molecule has 1 aromatic carbocycles. The number of ether oxygens (including phenoxy) is 2. The van der Waals surface area contributed by atoms with E-state index in [2.05, 4.69) is 30.2 Å². The van der Waals surface area contributed by atoms with Gasteiger partial charge in [-0.3, -0.25) is 14.6 Å². The summed E-state index contributed by atoms with van der Waals surface area (Å²) in [4.78, 5) is 23.5. The van der Waals surface area contributed by atoms with Gasteiger partial charge in [0.25, 0.3) is 5.56 Å². The van der Waals surface area contributed by atoms with Crippen LogP contribution in [-0.4, -0.2) is 63.8 Å². The smallest absolute Gasteiger partial charge is 0.258 e. The van der Waals surface area contributed by atoms with Crippen molar-refractivity contribution in [3.05, 3.63) is 69.0 Å². The van der Waals surface area contributed by atoms with Crippen molar-refractivity contribution in [3.8, 4) is 17.1 Å². The normalized spacial score (nSPS) is 21.2. The molecule has 1 N–H and O–H groups in total. The molecular weight excluding hydrogens is 499 g/mol. The SMILES string of the molecule is C=C1OCc2c(cc3n(c2=O)Cc2c-3nc3cc(F)c(OC)cc3c2CN2CCN(C(C)C)CC2)[C@@]1(O)CC. The molecule has 1 fully saturated rings. The highest BCUT2D eigenvalue weighted by molar-refractivity contribution is 5.89. The Labute approximate surface area is 227 Å². The number of pyridine rings is 2. The lowest BCUT2D eigenvalue weighted by molar-refractivity contribution is -0.0172. The Bertz CT molecular complexity index is 1560. The molecule has 6 rings (SSSR count). The predicted molar refractivity (Wildman–Crippen MR) is 147 cm³/mol. The third-order valence-corrected chi connectivity index (χ3v) is 8.76. The largest absolute Gasteiger partial charge is 0.494 e. The Balaban J connectivity index is 1.52. The van der Waals surface area contributed by atoms with Crippen molar-refractivity contribution in [1.29, 1.82) is 0 Å². The van der Waals surface area contributed by atoms with Crippen LogP contribution in [0, 0.1) is 5.82 Å². The highest BCUT2D eigenvalue weighted by Crippen LogP contribution is 2.43. The average molecular weight is 535 g/mol. The van der Waals surface area contributed by atoms with Gasteiger partial charge in [0.15, 0.2) is 11.6 Å². The third kappa shape index (κ3) is 3.98. The van der Waals surface area contributed by atoms with Gasteiger partial charge in [-0.1, -0.05) is 13.5 Å². The van der Waals surface area contributed by atoms with Crippen molar-refractivity contribution in [3.63, 3.8) is 0 Å². The molecule has 39 heavy (non-hydrogen) atoms. The van der Waals surface area contributed by atoms with Crippen LogP contribution in [0.3, 0.4) is 0 Å². The van der Waals surface area contributed by atoms with E-state index < -0.39 is 11.4 Å². The Hall–Kier alpha value is -3.27. The van der Waals surface area contributed by atoms with Crippen molar-refractivity contribution in [2.75, 3.05) is 33.3 Å². The summed E-state index contributed by atoms with van der Waals surface area (Å²) in [6, 6.07) is 5.48. The molecule has 3 aliphatic rings. The summed E-state index contributed by atoms with van der Waals surface area (Å²) in [5.74, 6) is -0.0764. The van der Waals surface area contributed by atoms with Crippen LogP contribution >= 0.6 is 0 Å². The summed E-state index contributed by atoms with van der Waals surface area (Å²) in [7, 11) is 1.46. The zero-order valence-electron chi connectivity index (χ0n) is 23.0. The standard InChI is InChI=1S/C30H35FN4O4/c1-6-30(37)18(4)39-16-22-23(30)12-26-28-21(15-35(26)29(22)36)20(14-33-7-9-34(10-8-33)17(2)3)19-11-27(38-5)24(31)13-25(19)32-28/h11-13,17,37H,4,6-10,14-16H2,1-3,5H3/t30-/m1/s1. The molecule has 1 atom stereocenters. The molecule has 5 heterocycles. The lowest BCUT2D eigenvalue weighted by atomic mass is 9.84. The molecule has 0 amide bonds. The fourth-order valence-corrected chi connectivity index (χ4v) is 6.28. The van der Waals surface area contributed by atoms with Crippen molar-refractivity contribution in [2.45, 2.75) is 58.5 Å². The second-order valence-electron chi connectivity index (χ2n) is 11.1. The lowest BCUT2D eigenvalue weighted by Gasteiger charge is -2.37. The van der Waals surface area contributed by atoms with E-state index in [9.17, 15) is 14.3 Å². The maximum atomic E-state index is 14.9. The fraction of sp³-hybridized carbons (Fsp3) is 0.467. The van der Waals surface area contributed by atoms with Crippen LogP contribution in [0.25, 0.3) is 22.3 Å². The van der Waals surface area contributed by atoms with Crippen molar-refractivity contribution < 1.29 is 19.0 Å². The average Bonchev–Trinajstić information content (AvgIpc) is 3.29. The summed E-state index contributed by atoms with van der Waals surface area (Å²) in [6.45, 7) is 15.0. The van der Waals surface area contributed by atoms with Gasteiger partial charge < -0.3 is 19.1 Å². The first-order valence-electron chi connectivity index (χ1n) is 13.6. The van der Waals surface area contributed by atoms with Gasteiger partial charge in [-0.05, 0) is 38.0 Å². The molecule has 2 aromatic heterocycles. The van der Waals surface area contributed by atoms with Gasteiger partial charge in [0, 0.05) is 61.3 Å². The van der Waals surface area contributed by atoms with Gasteiger partial charge in [-0.25, -0.2) is 9.37 Å². The second kappa shape index (κ2) is 9.43. The number of methoxy groups -OCH3 is 1. The minimum Gasteiger partial charge on any atom is -0.494 e. The Morgan fingerprint density at radius 3 is 2.62 bits per heavy atom. The maximum Gasteiger partial charge on any atom is 0.258 e. The quantitative estimate of drug-likeness (QED) is 0.418. The number of hydrogen-bond acceptors (Lipinski definition) is 7. The number of piperazine rings is 1. The van der Waals surface area contributed by atoms with Crippen LogP contribution < -0.4 is 10.3 Å². The molecule has 0 saturated carbocycles. The monoisotopic (exact) mass is 534 g/mol. The zero-order chi connectivity index (χ0) is 27.6. The summed E-state index contributed by atoms with van der Waals surface area (Å²) in [6.07, 6.45) is 0.318. The number of hydrogen-bond donors (Lipinski definition) is 1. The predicted octanol–water partition coefficient (Wildman–Crippen LogP) is 3.74. The number of halogens is 1. The molecule has 9 heteroatoms. The van der Waals surface area contributed by atoms with Crippen LogP contribution in [0.2, 0.25) is 0 Å². The van der Waals surface area contributed by atoms with Crippen molar-refractivity contribution in [2.24, 2.45) is 0 Å². The van der Waals surface area contributed by atoms with Gasteiger partial charge in [0.1, 0.15) is 18.0 Å². The van der Waals surface area contributed by atoms with E-state index in [1.807, 2.05) is 13.0 Å². The van der Waals surface area contributed by atoms with Crippen LogP contribution in [0.1, 0.15) is 49.4 Å². The summed E-state index contributed by atoms with van der Waals surface area (Å²) in [5, 5.41) is 12.3. The molecule has 0 unspecified atom stereocenters. The zero-order valence-corrected chi connectivity index (χ0v) is 23.0. The minimum absolute atomic E-state index is 0.0662. The van der Waals surface area contributed by atoms with E-state index in [1.165, 1.54) is 13.2 Å². The van der Waals surface area contributed by atoms with Crippen molar-refractivity contribution in [1.82, 2.24) is 19.4 Å². The molecular formula is C30H35FN4O4. The van der Waals surface area contributed by atoms with Crippen LogP contribution in [0.4, 0.5) is 4.39 Å². The number of rotatable bonds is 5.